The molecule has 0 aliphatic rings. The molecule has 0 aliphatic carbocycles. The summed E-state index contributed by atoms with van der Waals surface area (Å²) in [6.45, 7) is 1.66. The van der Waals surface area contributed by atoms with Crippen LogP contribution < -0.4 is 4.90 Å². The molecule has 0 radical (unpaired) electrons. The Kier molecular flexibility index (Phi) is 2.31. The highest BCUT2D eigenvalue weighted by molar-refractivity contribution is 5.49. The minimum Gasteiger partial charge on any atom is -0.373 e. The average Bonchev–Trinajstić information content (AvgIpc) is 1.82. The van der Waals surface area contributed by atoms with E-state index in [1.54, 1.807) is 21.0 Å². The van der Waals surface area contributed by atoms with Gasteiger partial charge in [-0.2, -0.15) is 0 Å². The van der Waals surface area contributed by atoms with Crippen LogP contribution in [-0.4, -0.2) is 14.1 Å². The summed E-state index contributed by atoms with van der Waals surface area (Å²) in [6, 6.07) is 2.64. The van der Waals surface area contributed by atoms with Crippen molar-refractivity contribution < 1.29 is 8.78 Å². The molecule has 0 heterocycles. The number of anilines is 1. The molecule has 0 saturated carbocycles. The maximum atomic E-state index is 13.1. The van der Waals surface area contributed by atoms with E-state index in [2.05, 4.69) is 0 Å². The average molecular weight is 171 g/mol. The Morgan fingerprint density at radius 3 is 1.83 bits per heavy atom. The van der Waals surface area contributed by atoms with Gasteiger partial charge in [0.25, 0.3) is 0 Å². The molecule has 3 heteroatoms. The Labute approximate surface area is 70.6 Å². The van der Waals surface area contributed by atoms with Gasteiger partial charge in [0.15, 0.2) is 0 Å². The van der Waals surface area contributed by atoms with Crippen molar-refractivity contribution in [2.75, 3.05) is 19.0 Å². The van der Waals surface area contributed by atoms with Gasteiger partial charge in [0.2, 0.25) is 0 Å². The van der Waals surface area contributed by atoms with E-state index in [1.165, 1.54) is 17.0 Å². The van der Waals surface area contributed by atoms with Crippen molar-refractivity contribution in [1.29, 1.82) is 0 Å². The third-order valence-electron chi connectivity index (χ3n) is 1.61. The second-order valence-corrected chi connectivity index (χ2v) is 2.97. The summed E-state index contributed by atoms with van der Waals surface area (Å²) in [5.74, 6) is -1.03. The maximum Gasteiger partial charge on any atom is 0.149 e. The Morgan fingerprint density at radius 2 is 1.50 bits per heavy atom. The molecule has 12 heavy (non-hydrogen) atoms. The molecule has 0 aromatic heterocycles. The lowest BCUT2D eigenvalue weighted by Gasteiger charge is -2.14. The molecule has 1 aromatic carbocycles. The first-order chi connectivity index (χ1) is 5.52. The molecular weight excluding hydrogens is 160 g/mol. The second-order valence-electron chi connectivity index (χ2n) is 2.97. The summed E-state index contributed by atoms with van der Waals surface area (Å²) >= 11 is 0. The molecule has 0 spiro atoms. The first-order valence-corrected chi connectivity index (χ1v) is 3.65. The lowest BCUT2D eigenvalue weighted by Crippen LogP contribution is -2.12. The summed E-state index contributed by atoms with van der Waals surface area (Å²) in [5.41, 5.74) is 0.608. The Bertz CT molecular complexity index is 272. The van der Waals surface area contributed by atoms with Gasteiger partial charge in [-0.25, -0.2) is 8.78 Å². The van der Waals surface area contributed by atoms with Crippen molar-refractivity contribution in [2.24, 2.45) is 0 Å². The Balaban J connectivity index is 3.28. The van der Waals surface area contributed by atoms with Crippen LogP contribution in [0.15, 0.2) is 12.1 Å². The number of hydrogen-bond donors (Lipinski definition) is 0. The lowest BCUT2D eigenvalue weighted by molar-refractivity contribution is 0.580. The van der Waals surface area contributed by atoms with Crippen LogP contribution in [0.5, 0.6) is 0 Å². The van der Waals surface area contributed by atoms with E-state index in [9.17, 15) is 8.78 Å². The fourth-order valence-electron chi connectivity index (χ4n) is 1.12. The number of halogens is 2. The molecule has 0 atom stereocenters. The van der Waals surface area contributed by atoms with Crippen LogP contribution in [0.4, 0.5) is 14.5 Å². The highest BCUT2D eigenvalue weighted by Crippen LogP contribution is 2.22. The van der Waals surface area contributed by atoms with Crippen LogP contribution in [0.1, 0.15) is 5.56 Å². The SMILES string of the molecule is Cc1cc(F)c(N(C)C)c(F)c1. The Morgan fingerprint density at radius 1 is 1.08 bits per heavy atom. The predicted molar refractivity (Wildman–Crippen MR) is 45.4 cm³/mol. The van der Waals surface area contributed by atoms with Crippen LogP contribution in [0.25, 0.3) is 0 Å². The zero-order valence-corrected chi connectivity index (χ0v) is 7.36. The van der Waals surface area contributed by atoms with Crippen LogP contribution in [-0.2, 0) is 0 Å². The normalized spacial score (nSPS) is 10.1. The summed E-state index contributed by atoms with van der Waals surface area (Å²) in [7, 11) is 3.22. The molecule has 0 saturated heterocycles. The molecule has 0 aliphatic heterocycles. The van der Waals surface area contributed by atoms with E-state index in [1.807, 2.05) is 0 Å². The second kappa shape index (κ2) is 3.09. The van der Waals surface area contributed by atoms with Gasteiger partial charge in [-0.3, -0.25) is 0 Å². The fraction of sp³-hybridized carbons (Fsp3) is 0.333. The zero-order valence-electron chi connectivity index (χ0n) is 7.36. The van der Waals surface area contributed by atoms with E-state index in [0.29, 0.717) is 5.56 Å². The molecule has 1 aromatic rings. The first kappa shape index (κ1) is 8.97. The monoisotopic (exact) mass is 171 g/mol. The molecule has 0 amide bonds. The number of aryl methyl sites for hydroxylation is 1. The van der Waals surface area contributed by atoms with Crippen molar-refractivity contribution >= 4 is 5.69 Å². The van der Waals surface area contributed by atoms with Gasteiger partial charge < -0.3 is 4.90 Å². The summed E-state index contributed by atoms with van der Waals surface area (Å²) in [6.07, 6.45) is 0. The number of hydrogen-bond acceptors (Lipinski definition) is 1. The fourth-order valence-corrected chi connectivity index (χ4v) is 1.12. The molecular formula is C9H11F2N. The maximum absolute atomic E-state index is 13.1. The molecule has 0 bridgehead atoms. The third-order valence-corrected chi connectivity index (χ3v) is 1.61. The number of benzene rings is 1. The van der Waals surface area contributed by atoms with Gasteiger partial charge >= 0.3 is 0 Å². The zero-order chi connectivity index (χ0) is 9.30. The van der Waals surface area contributed by atoms with Crippen molar-refractivity contribution in [3.05, 3.63) is 29.3 Å². The van der Waals surface area contributed by atoms with Gasteiger partial charge in [-0.15, -0.1) is 0 Å². The largest absolute Gasteiger partial charge is 0.373 e. The van der Waals surface area contributed by atoms with Crippen molar-refractivity contribution in [3.8, 4) is 0 Å². The van der Waals surface area contributed by atoms with Crippen LogP contribution >= 0.6 is 0 Å². The van der Waals surface area contributed by atoms with Gasteiger partial charge in [0.05, 0.1) is 0 Å². The number of nitrogens with zero attached hydrogens (tertiary/aromatic N) is 1. The predicted octanol–water partition coefficient (Wildman–Crippen LogP) is 2.34. The quantitative estimate of drug-likeness (QED) is 0.626. The van der Waals surface area contributed by atoms with E-state index < -0.39 is 11.6 Å². The van der Waals surface area contributed by atoms with E-state index >= 15 is 0 Å². The molecule has 1 rings (SSSR count). The van der Waals surface area contributed by atoms with E-state index in [0.717, 1.165) is 0 Å². The van der Waals surface area contributed by atoms with Crippen molar-refractivity contribution in [3.63, 3.8) is 0 Å². The topological polar surface area (TPSA) is 3.24 Å². The molecule has 0 N–H and O–H groups in total. The highest BCUT2D eigenvalue weighted by Gasteiger charge is 2.10. The number of rotatable bonds is 1. The highest BCUT2D eigenvalue weighted by atomic mass is 19.1. The van der Waals surface area contributed by atoms with Gasteiger partial charge in [0.1, 0.15) is 17.3 Å². The summed E-state index contributed by atoms with van der Waals surface area (Å²) in [4.78, 5) is 1.42. The van der Waals surface area contributed by atoms with Gasteiger partial charge in [-0.1, -0.05) is 0 Å². The van der Waals surface area contributed by atoms with Crippen LogP contribution in [0.3, 0.4) is 0 Å². The van der Waals surface area contributed by atoms with Crippen molar-refractivity contribution in [1.82, 2.24) is 0 Å². The molecule has 0 unspecified atom stereocenters. The standard InChI is InChI=1S/C9H11F2N/c1-6-4-7(10)9(12(2)3)8(11)5-6/h4-5H,1-3H3. The lowest BCUT2D eigenvalue weighted by atomic mass is 10.2. The van der Waals surface area contributed by atoms with Crippen molar-refractivity contribution in [2.45, 2.75) is 6.92 Å². The molecule has 0 fully saturated rings. The van der Waals surface area contributed by atoms with E-state index in [-0.39, 0.29) is 5.69 Å². The van der Waals surface area contributed by atoms with Gasteiger partial charge in [-0.05, 0) is 24.6 Å². The van der Waals surface area contributed by atoms with Crippen LogP contribution in [0.2, 0.25) is 0 Å². The first-order valence-electron chi connectivity index (χ1n) is 3.65. The summed E-state index contributed by atoms with van der Waals surface area (Å²) < 4.78 is 26.2. The van der Waals surface area contributed by atoms with E-state index in [4.69, 9.17) is 0 Å². The minimum absolute atomic E-state index is 0.0144. The third kappa shape index (κ3) is 1.55. The van der Waals surface area contributed by atoms with Gasteiger partial charge in [0, 0.05) is 14.1 Å². The molecule has 1 nitrogen and oxygen atoms in total. The minimum atomic E-state index is -0.516. The smallest absolute Gasteiger partial charge is 0.149 e. The molecule has 66 valence electrons. The summed E-state index contributed by atoms with van der Waals surface area (Å²) in [5, 5.41) is 0. The van der Waals surface area contributed by atoms with Crippen LogP contribution in [0, 0.1) is 18.6 Å². The Hall–Kier alpha value is -1.12.